The van der Waals surface area contributed by atoms with Crippen molar-refractivity contribution >= 4 is 22.6 Å². The van der Waals surface area contributed by atoms with Gasteiger partial charge < -0.3 is 15.3 Å². The van der Waals surface area contributed by atoms with Gasteiger partial charge in [0.15, 0.2) is 0 Å². The van der Waals surface area contributed by atoms with E-state index in [9.17, 15) is 15.3 Å². The highest BCUT2D eigenvalue weighted by Crippen LogP contribution is 2.41. The van der Waals surface area contributed by atoms with Crippen molar-refractivity contribution in [3.05, 3.63) is 87.0 Å². The molecule has 3 rings (SSSR count). The Morgan fingerprint density at radius 1 is 0.667 bits per heavy atom. The Morgan fingerprint density at radius 3 is 1.50 bits per heavy atom. The molecule has 0 unspecified atom stereocenters. The smallest absolute Gasteiger partial charge is 0.128 e. The Bertz CT molecular complexity index is 810. The lowest BCUT2D eigenvalue weighted by atomic mass is 9.71. The number of phenols is 3. The van der Waals surface area contributed by atoms with Crippen LogP contribution >= 0.6 is 22.6 Å². The van der Waals surface area contributed by atoms with Crippen molar-refractivity contribution in [2.75, 3.05) is 0 Å². The first kappa shape index (κ1) is 16.6. The summed E-state index contributed by atoms with van der Waals surface area (Å²) in [6, 6.07) is 19.8. The molecule has 3 N–H and O–H groups in total. The fourth-order valence-electron chi connectivity index (χ4n) is 2.91. The first-order valence-corrected chi connectivity index (χ1v) is 8.57. The maximum absolute atomic E-state index is 9.85. The molecule has 0 aliphatic rings. The van der Waals surface area contributed by atoms with Crippen LogP contribution in [0.4, 0.5) is 0 Å². The Labute approximate surface area is 154 Å². The molecule has 122 valence electrons. The Balaban J connectivity index is 2.25. The molecule has 3 aromatic carbocycles. The van der Waals surface area contributed by atoms with Crippen molar-refractivity contribution in [2.45, 2.75) is 12.3 Å². The third-order valence-electron chi connectivity index (χ3n) is 4.41. The normalized spacial score (nSPS) is 11.4. The van der Waals surface area contributed by atoms with E-state index in [1.807, 2.05) is 36.4 Å². The minimum Gasteiger partial charge on any atom is -0.508 e. The van der Waals surface area contributed by atoms with Gasteiger partial charge >= 0.3 is 0 Å². The minimum atomic E-state index is -0.491. The van der Waals surface area contributed by atoms with Gasteiger partial charge in [0, 0.05) is 5.41 Å². The van der Waals surface area contributed by atoms with Gasteiger partial charge in [-0.25, -0.2) is 0 Å². The van der Waals surface area contributed by atoms with E-state index in [1.54, 1.807) is 30.3 Å². The van der Waals surface area contributed by atoms with Crippen LogP contribution in [0.1, 0.15) is 23.6 Å². The maximum Gasteiger partial charge on any atom is 0.128 e. The molecule has 4 heteroatoms. The lowest BCUT2D eigenvalue weighted by Crippen LogP contribution is -2.25. The third kappa shape index (κ3) is 2.94. The molecule has 0 saturated heterocycles. The maximum atomic E-state index is 9.85. The number of hydrogen-bond acceptors (Lipinski definition) is 3. The van der Waals surface area contributed by atoms with Crippen molar-refractivity contribution in [2.24, 2.45) is 0 Å². The molecule has 3 aromatic rings. The molecule has 0 saturated carbocycles. The van der Waals surface area contributed by atoms with Crippen molar-refractivity contribution in [3.8, 4) is 17.2 Å². The van der Waals surface area contributed by atoms with Crippen LogP contribution in [0.2, 0.25) is 0 Å². The second-order valence-corrected chi connectivity index (χ2v) is 7.05. The number of halogens is 1. The SMILES string of the molecule is CC(c1ccc(O)cc1)(c1ccc(O)cc1)c1ccc(O)c(I)c1. The van der Waals surface area contributed by atoms with Crippen molar-refractivity contribution < 1.29 is 15.3 Å². The summed E-state index contributed by atoms with van der Waals surface area (Å²) in [6.07, 6.45) is 0. The van der Waals surface area contributed by atoms with E-state index >= 15 is 0 Å². The third-order valence-corrected chi connectivity index (χ3v) is 5.28. The predicted molar refractivity (Wildman–Crippen MR) is 103 cm³/mol. The van der Waals surface area contributed by atoms with E-state index in [1.165, 1.54) is 0 Å². The summed E-state index contributed by atoms with van der Waals surface area (Å²) in [5.41, 5.74) is 2.54. The summed E-state index contributed by atoms with van der Waals surface area (Å²) in [5, 5.41) is 29.1. The Morgan fingerprint density at radius 2 is 1.08 bits per heavy atom. The standard InChI is InChI=1S/C20H17IO3/c1-20(13-2-7-16(22)8-3-13,14-4-9-17(23)10-5-14)15-6-11-19(24)18(21)12-15/h2-12,22-24H,1H3. The molecular weight excluding hydrogens is 415 g/mol. The summed E-state index contributed by atoms with van der Waals surface area (Å²) in [4.78, 5) is 0. The van der Waals surface area contributed by atoms with Gasteiger partial charge in [-0.3, -0.25) is 0 Å². The van der Waals surface area contributed by atoms with Crippen LogP contribution < -0.4 is 0 Å². The van der Waals surface area contributed by atoms with Gasteiger partial charge in [0.25, 0.3) is 0 Å². The van der Waals surface area contributed by atoms with Crippen LogP contribution in [0.15, 0.2) is 66.7 Å². The summed E-state index contributed by atoms with van der Waals surface area (Å²) >= 11 is 2.11. The number of benzene rings is 3. The number of aromatic hydroxyl groups is 3. The molecular formula is C20H17IO3. The van der Waals surface area contributed by atoms with Crippen molar-refractivity contribution in [3.63, 3.8) is 0 Å². The van der Waals surface area contributed by atoms with Crippen LogP contribution in [0.5, 0.6) is 17.2 Å². The number of phenolic OH excluding ortho intramolecular Hbond substituents is 3. The van der Waals surface area contributed by atoms with E-state index in [-0.39, 0.29) is 17.2 Å². The van der Waals surface area contributed by atoms with Gasteiger partial charge in [-0.1, -0.05) is 30.3 Å². The monoisotopic (exact) mass is 432 g/mol. The second kappa shape index (κ2) is 6.36. The zero-order chi connectivity index (χ0) is 17.3. The molecule has 0 aliphatic carbocycles. The summed E-state index contributed by atoms with van der Waals surface area (Å²) in [7, 11) is 0. The van der Waals surface area contributed by atoms with Gasteiger partial charge in [0.2, 0.25) is 0 Å². The highest BCUT2D eigenvalue weighted by molar-refractivity contribution is 14.1. The molecule has 0 radical (unpaired) electrons. The molecule has 0 heterocycles. The Kier molecular flexibility index (Phi) is 4.41. The van der Waals surface area contributed by atoms with Crippen LogP contribution in [-0.4, -0.2) is 15.3 Å². The molecule has 0 aliphatic heterocycles. The van der Waals surface area contributed by atoms with Gasteiger partial charge in [0.1, 0.15) is 17.2 Å². The van der Waals surface area contributed by atoms with E-state index in [0.717, 1.165) is 20.3 Å². The molecule has 0 fully saturated rings. The second-order valence-electron chi connectivity index (χ2n) is 5.88. The molecule has 24 heavy (non-hydrogen) atoms. The number of hydrogen-bond donors (Lipinski definition) is 3. The van der Waals surface area contributed by atoms with Crippen LogP contribution in [0.3, 0.4) is 0 Å². The highest BCUT2D eigenvalue weighted by Gasteiger charge is 2.31. The molecule has 0 aromatic heterocycles. The van der Waals surface area contributed by atoms with Gasteiger partial charge in [-0.05, 0) is 82.6 Å². The lowest BCUT2D eigenvalue weighted by Gasteiger charge is -2.32. The van der Waals surface area contributed by atoms with E-state index in [0.29, 0.717) is 0 Å². The Hall–Kier alpha value is -2.21. The first-order valence-electron chi connectivity index (χ1n) is 7.49. The summed E-state index contributed by atoms with van der Waals surface area (Å²) < 4.78 is 0.772. The quantitative estimate of drug-likeness (QED) is 0.413. The average molecular weight is 432 g/mol. The summed E-state index contributed by atoms with van der Waals surface area (Å²) in [5.74, 6) is 0.678. The van der Waals surface area contributed by atoms with E-state index in [2.05, 4.69) is 29.5 Å². The van der Waals surface area contributed by atoms with Gasteiger partial charge in [0.05, 0.1) is 3.57 Å². The highest BCUT2D eigenvalue weighted by atomic mass is 127. The fraction of sp³-hybridized carbons (Fsp3) is 0.100. The zero-order valence-corrected chi connectivity index (χ0v) is 15.2. The van der Waals surface area contributed by atoms with Crippen molar-refractivity contribution in [1.82, 2.24) is 0 Å². The molecule has 0 amide bonds. The zero-order valence-electron chi connectivity index (χ0n) is 13.1. The molecule has 0 atom stereocenters. The topological polar surface area (TPSA) is 60.7 Å². The summed E-state index contributed by atoms with van der Waals surface area (Å²) in [6.45, 7) is 2.09. The number of rotatable bonds is 3. The van der Waals surface area contributed by atoms with E-state index < -0.39 is 5.41 Å². The lowest BCUT2D eigenvalue weighted by molar-refractivity contribution is 0.470. The average Bonchev–Trinajstić information content (AvgIpc) is 2.58. The predicted octanol–water partition coefficient (Wildman–Crippen LogP) is 4.76. The largest absolute Gasteiger partial charge is 0.508 e. The van der Waals surface area contributed by atoms with E-state index in [4.69, 9.17) is 0 Å². The molecule has 3 nitrogen and oxygen atoms in total. The van der Waals surface area contributed by atoms with Crippen molar-refractivity contribution in [1.29, 1.82) is 0 Å². The minimum absolute atomic E-state index is 0.215. The van der Waals surface area contributed by atoms with Gasteiger partial charge in [-0.2, -0.15) is 0 Å². The van der Waals surface area contributed by atoms with Crippen LogP contribution in [-0.2, 0) is 5.41 Å². The van der Waals surface area contributed by atoms with Gasteiger partial charge in [-0.15, -0.1) is 0 Å². The first-order chi connectivity index (χ1) is 11.4. The fourth-order valence-corrected chi connectivity index (χ4v) is 3.42. The van der Waals surface area contributed by atoms with Crippen LogP contribution in [0.25, 0.3) is 0 Å². The molecule has 0 bridgehead atoms. The van der Waals surface area contributed by atoms with Crippen LogP contribution in [0, 0.1) is 3.57 Å². The molecule has 0 spiro atoms.